The molecule has 0 aliphatic rings. The predicted octanol–water partition coefficient (Wildman–Crippen LogP) is 0.607. The van der Waals surface area contributed by atoms with Crippen molar-refractivity contribution in [1.29, 1.82) is 0 Å². The lowest BCUT2D eigenvalue weighted by Gasteiger charge is -2.17. The molecule has 2 N–H and O–H groups in total. The van der Waals surface area contributed by atoms with Gasteiger partial charge in [-0.25, -0.2) is 4.79 Å². The topological polar surface area (TPSA) is 84.5 Å². The van der Waals surface area contributed by atoms with E-state index in [4.69, 9.17) is 4.74 Å². The standard InChI is InChI=1S/C13H24N2O4/c1-6-19-12(18)9(2)15-11(17)8-14-10(16)7-13(3,4)5/h9H,6-8H2,1-5H3,(H,14,16)(H,15,17)/t9-/m1/s1. The van der Waals surface area contributed by atoms with E-state index in [1.807, 2.05) is 20.8 Å². The third kappa shape index (κ3) is 9.04. The van der Waals surface area contributed by atoms with E-state index in [0.29, 0.717) is 6.42 Å². The van der Waals surface area contributed by atoms with Crippen LogP contribution in [0, 0.1) is 5.41 Å². The molecule has 0 aliphatic carbocycles. The maximum absolute atomic E-state index is 11.5. The van der Waals surface area contributed by atoms with Crippen LogP contribution in [0.3, 0.4) is 0 Å². The highest BCUT2D eigenvalue weighted by atomic mass is 16.5. The van der Waals surface area contributed by atoms with Crippen molar-refractivity contribution < 1.29 is 19.1 Å². The van der Waals surface area contributed by atoms with Gasteiger partial charge < -0.3 is 15.4 Å². The molecule has 0 bridgehead atoms. The zero-order chi connectivity index (χ0) is 15.1. The number of amides is 2. The van der Waals surface area contributed by atoms with Gasteiger partial charge in [-0.05, 0) is 19.3 Å². The smallest absolute Gasteiger partial charge is 0.328 e. The van der Waals surface area contributed by atoms with Crippen molar-refractivity contribution in [2.75, 3.05) is 13.2 Å². The molecule has 0 saturated carbocycles. The van der Waals surface area contributed by atoms with Crippen LogP contribution in [-0.4, -0.2) is 37.0 Å². The average Bonchev–Trinajstić information content (AvgIpc) is 2.24. The molecule has 0 aromatic rings. The number of rotatable bonds is 6. The molecule has 0 heterocycles. The van der Waals surface area contributed by atoms with Crippen molar-refractivity contribution in [3.05, 3.63) is 0 Å². The Morgan fingerprint density at radius 2 is 1.74 bits per heavy atom. The molecule has 0 rings (SSSR count). The summed E-state index contributed by atoms with van der Waals surface area (Å²) in [6, 6.07) is -0.716. The monoisotopic (exact) mass is 272 g/mol. The molecule has 19 heavy (non-hydrogen) atoms. The molecule has 6 nitrogen and oxygen atoms in total. The van der Waals surface area contributed by atoms with Crippen molar-refractivity contribution in [3.63, 3.8) is 0 Å². The van der Waals surface area contributed by atoms with E-state index < -0.39 is 17.9 Å². The van der Waals surface area contributed by atoms with Gasteiger partial charge in [0.25, 0.3) is 0 Å². The summed E-state index contributed by atoms with van der Waals surface area (Å²) in [6.07, 6.45) is 0.341. The van der Waals surface area contributed by atoms with Gasteiger partial charge in [0.2, 0.25) is 11.8 Å². The Bertz CT molecular complexity index is 334. The van der Waals surface area contributed by atoms with E-state index in [0.717, 1.165) is 0 Å². The van der Waals surface area contributed by atoms with E-state index in [1.54, 1.807) is 6.92 Å². The lowest BCUT2D eigenvalue weighted by atomic mass is 9.92. The minimum Gasteiger partial charge on any atom is -0.464 e. The number of hydrogen-bond acceptors (Lipinski definition) is 4. The fourth-order valence-electron chi connectivity index (χ4n) is 1.34. The summed E-state index contributed by atoms with van der Waals surface area (Å²) in [5.41, 5.74) is -0.126. The zero-order valence-electron chi connectivity index (χ0n) is 12.3. The van der Waals surface area contributed by atoms with Crippen molar-refractivity contribution in [1.82, 2.24) is 10.6 Å². The summed E-state index contributed by atoms with van der Waals surface area (Å²) >= 11 is 0. The SMILES string of the molecule is CCOC(=O)[C@@H](C)NC(=O)CNC(=O)CC(C)(C)C. The fourth-order valence-corrected chi connectivity index (χ4v) is 1.34. The predicted molar refractivity (Wildman–Crippen MR) is 71.3 cm³/mol. The first kappa shape index (κ1) is 17.4. The van der Waals surface area contributed by atoms with Crippen LogP contribution in [0.4, 0.5) is 0 Å². The third-order valence-electron chi connectivity index (χ3n) is 2.15. The molecule has 0 unspecified atom stereocenters. The second kappa shape index (κ2) is 7.76. The number of carbonyl (C=O) groups is 3. The Hall–Kier alpha value is -1.59. The van der Waals surface area contributed by atoms with Crippen LogP contribution in [0.1, 0.15) is 41.0 Å². The molecule has 110 valence electrons. The van der Waals surface area contributed by atoms with E-state index >= 15 is 0 Å². The number of ether oxygens (including phenoxy) is 1. The highest BCUT2D eigenvalue weighted by Gasteiger charge is 2.18. The van der Waals surface area contributed by atoms with Crippen molar-refractivity contribution in [2.24, 2.45) is 5.41 Å². The van der Waals surface area contributed by atoms with Crippen molar-refractivity contribution >= 4 is 17.8 Å². The first-order valence-corrected chi connectivity index (χ1v) is 6.38. The molecule has 6 heteroatoms. The molecule has 0 radical (unpaired) electrons. The maximum Gasteiger partial charge on any atom is 0.328 e. The Labute approximate surface area is 114 Å². The summed E-state index contributed by atoms with van der Waals surface area (Å²) in [5.74, 6) is -1.09. The zero-order valence-corrected chi connectivity index (χ0v) is 12.3. The summed E-state index contributed by atoms with van der Waals surface area (Å²) in [6.45, 7) is 9.17. The average molecular weight is 272 g/mol. The lowest BCUT2D eigenvalue weighted by molar-refractivity contribution is -0.146. The Morgan fingerprint density at radius 3 is 2.21 bits per heavy atom. The number of carbonyl (C=O) groups excluding carboxylic acids is 3. The van der Waals surface area contributed by atoms with E-state index in [-0.39, 0.29) is 24.5 Å². The molecule has 1 atom stereocenters. The minimum absolute atomic E-state index is 0.126. The van der Waals surface area contributed by atoms with Gasteiger partial charge >= 0.3 is 5.97 Å². The van der Waals surface area contributed by atoms with Gasteiger partial charge in [-0.15, -0.1) is 0 Å². The van der Waals surface area contributed by atoms with Gasteiger partial charge in [0.1, 0.15) is 6.04 Å². The molecule has 0 aromatic heterocycles. The second-order valence-electron chi connectivity index (χ2n) is 5.56. The molecule has 0 aromatic carbocycles. The minimum atomic E-state index is -0.716. The van der Waals surface area contributed by atoms with E-state index in [2.05, 4.69) is 10.6 Å². The van der Waals surface area contributed by atoms with Crippen molar-refractivity contribution in [2.45, 2.75) is 47.1 Å². The molecule has 0 saturated heterocycles. The molecule has 0 spiro atoms. The van der Waals surface area contributed by atoms with Gasteiger partial charge in [0, 0.05) is 6.42 Å². The van der Waals surface area contributed by atoms with Crippen LogP contribution in [0.5, 0.6) is 0 Å². The van der Waals surface area contributed by atoms with Crippen LogP contribution in [0.2, 0.25) is 0 Å². The second-order valence-corrected chi connectivity index (χ2v) is 5.56. The lowest BCUT2D eigenvalue weighted by Crippen LogP contribution is -2.45. The fraction of sp³-hybridized carbons (Fsp3) is 0.769. The van der Waals surface area contributed by atoms with Crippen LogP contribution in [-0.2, 0) is 19.1 Å². The van der Waals surface area contributed by atoms with Gasteiger partial charge in [0.15, 0.2) is 0 Å². The first-order valence-electron chi connectivity index (χ1n) is 6.38. The molecule has 0 aliphatic heterocycles. The van der Waals surface area contributed by atoms with Crippen LogP contribution < -0.4 is 10.6 Å². The number of nitrogens with one attached hydrogen (secondary N) is 2. The largest absolute Gasteiger partial charge is 0.464 e. The first-order chi connectivity index (χ1) is 8.65. The molecular formula is C13H24N2O4. The molecular weight excluding hydrogens is 248 g/mol. The highest BCUT2D eigenvalue weighted by molar-refractivity contribution is 5.88. The third-order valence-corrected chi connectivity index (χ3v) is 2.15. The quantitative estimate of drug-likeness (QED) is 0.694. The van der Waals surface area contributed by atoms with Gasteiger partial charge in [-0.1, -0.05) is 20.8 Å². The Balaban J connectivity index is 3.99. The number of hydrogen-bond donors (Lipinski definition) is 2. The van der Waals surface area contributed by atoms with Crippen LogP contribution >= 0.6 is 0 Å². The summed E-state index contributed by atoms with van der Waals surface area (Å²) in [4.78, 5) is 34.3. The van der Waals surface area contributed by atoms with Gasteiger partial charge in [-0.2, -0.15) is 0 Å². The molecule has 2 amide bonds. The van der Waals surface area contributed by atoms with Crippen molar-refractivity contribution in [3.8, 4) is 0 Å². The van der Waals surface area contributed by atoms with Crippen LogP contribution in [0.25, 0.3) is 0 Å². The summed E-state index contributed by atoms with van der Waals surface area (Å²) in [5, 5.41) is 4.97. The summed E-state index contributed by atoms with van der Waals surface area (Å²) < 4.78 is 4.75. The normalized spacial score (nSPS) is 12.5. The van der Waals surface area contributed by atoms with Gasteiger partial charge in [0.05, 0.1) is 13.2 Å². The van der Waals surface area contributed by atoms with E-state index in [9.17, 15) is 14.4 Å². The Kier molecular flexibility index (Phi) is 7.11. The number of esters is 1. The van der Waals surface area contributed by atoms with Crippen LogP contribution in [0.15, 0.2) is 0 Å². The van der Waals surface area contributed by atoms with E-state index in [1.165, 1.54) is 6.92 Å². The molecule has 0 fully saturated rings. The highest BCUT2D eigenvalue weighted by Crippen LogP contribution is 2.17. The maximum atomic E-state index is 11.5. The van der Waals surface area contributed by atoms with Gasteiger partial charge in [-0.3, -0.25) is 9.59 Å². The Morgan fingerprint density at radius 1 is 1.16 bits per heavy atom. The summed E-state index contributed by atoms with van der Waals surface area (Å²) in [7, 11) is 0.